The fourth-order valence-electron chi connectivity index (χ4n) is 4.97. The molecule has 0 radical (unpaired) electrons. The molecular weight excluding hydrogens is 380 g/mol. The molecule has 2 aliphatic carbocycles. The molecule has 5 rings (SSSR count). The maximum atomic E-state index is 3.53. The number of fused-ring (bicyclic) bond motifs is 5. The van der Waals surface area contributed by atoms with Gasteiger partial charge in [0.25, 0.3) is 0 Å². The highest BCUT2D eigenvalue weighted by atomic mass is 79.9. The third kappa shape index (κ3) is 2.27. The summed E-state index contributed by atoms with van der Waals surface area (Å²) in [6, 6.07) is 24.6. The molecule has 0 saturated heterocycles. The summed E-state index contributed by atoms with van der Waals surface area (Å²) in [7, 11) is 0. The summed E-state index contributed by atoms with van der Waals surface area (Å²) in [5.74, 6) is 0.993. The van der Waals surface area contributed by atoms with Crippen LogP contribution in [0.5, 0.6) is 0 Å². The highest BCUT2D eigenvalue weighted by Gasteiger charge is 2.47. The van der Waals surface area contributed by atoms with E-state index in [4.69, 9.17) is 0 Å². The van der Waals surface area contributed by atoms with Crippen molar-refractivity contribution in [1.82, 2.24) is 0 Å². The van der Waals surface area contributed by atoms with Gasteiger partial charge < -0.3 is 0 Å². The minimum absolute atomic E-state index is 0.117. The van der Waals surface area contributed by atoms with E-state index < -0.39 is 0 Å². The largest absolute Gasteiger partial charge is 0.0757 e. The van der Waals surface area contributed by atoms with Gasteiger partial charge in [0.15, 0.2) is 0 Å². The summed E-state index contributed by atoms with van der Waals surface area (Å²) in [5, 5.41) is 0. The van der Waals surface area contributed by atoms with Gasteiger partial charge in [0.1, 0.15) is 0 Å². The van der Waals surface area contributed by atoms with Crippen molar-refractivity contribution in [3.63, 3.8) is 0 Å². The molecule has 2 unspecified atom stereocenters. The smallest absolute Gasteiger partial charge is 0.0175 e. The molecule has 0 aliphatic heterocycles. The van der Waals surface area contributed by atoms with E-state index >= 15 is 0 Å². The molecule has 3 aromatic carbocycles. The van der Waals surface area contributed by atoms with Crippen LogP contribution in [0.15, 0.2) is 77.3 Å². The van der Waals surface area contributed by atoms with Crippen LogP contribution in [0.3, 0.4) is 0 Å². The molecule has 26 heavy (non-hydrogen) atoms. The summed E-state index contributed by atoms with van der Waals surface area (Å²) >= 11 is 3.53. The van der Waals surface area contributed by atoms with Gasteiger partial charge in [-0.05, 0) is 50.9 Å². The maximum absolute atomic E-state index is 3.53. The fraction of sp³-hybridized carbons (Fsp3) is 0.200. The molecule has 0 spiro atoms. The fourth-order valence-corrected chi connectivity index (χ4v) is 5.24. The van der Waals surface area contributed by atoms with Crippen molar-refractivity contribution in [2.75, 3.05) is 0 Å². The van der Waals surface area contributed by atoms with Gasteiger partial charge >= 0.3 is 0 Å². The van der Waals surface area contributed by atoms with Gasteiger partial charge in [-0.25, -0.2) is 0 Å². The van der Waals surface area contributed by atoms with E-state index in [1.807, 2.05) is 0 Å². The highest BCUT2D eigenvalue weighted by molar-refractivity contribution is 9.10. The number of benzene rings is 3. The monoisotopic (exact) mass is 400 g/mol. The van der Waals surface area contributed by atoms with Crippen LogP contribution < -0.4 is 0 Å². The van der Waals surface area contributed by atoms with Gasteiger partial charge in [-0.3, -0.25) is 0 Å². The zero-order valence-electron chi connectivity index (χ0n) is 15.0. The van der Waals surface area contributed by atoms with Crippen LogP contribution in [0, 0.1) is 0 Å². The van der Waals surface area contributed by atoms with Crippen molar-refractivity contribution < 1.29 is 0 Å². The van der Waals surface area contributed by atoms with Gasteiger partial charge in [0.05, 0.1) is 0 Å². The van der Waals surface area contributed by atoms with Crippen molar-refractivity contribution in [3.8, 4) is 11.1 Å². The molecule has 0 fully saturated rings. The lowest BCUT2D eigenvalue weighted by molar-refractivity contribution is 0.424. The Bertz CT molecular complexity index is 1020. The second kappa shape index (κ2) is 5.69. The summed E-state index contributed by atoms with van der Waals surface area (Å²) in [4.78, 5) is 0. The quantitative estimate of drug-likeness (QED) is 0.401. The van der Waals surface area contributed by atoms with Gasteiger partial charge in [-0.1, -0.05) is 96.5 Å². The second-order valence-corrected chi connectivity index (χ2v) is 8.94. The lowest BCUT2D eigenvalue weighted by Gasteiger charge is -2.34. The van der Waals surface area contributed by atoms with Gasteiger partial charge in [-0.2, -0.15) is 0 Å². The average Bonchev–Trinajstić information content (AvgIpc) is 2.90. The van der Waals surface area contributed by atoms with E-state index in [2.05, 4.69) is 109 Å². The molecule has 3 aromatic rings. The van der Waals surface area contributed by atoms with E-state index in [0.29, 0.717) is 11.8 Å². The van der Waals surface area contributed by atoms with Crippen molar-refractivity contribution in [1.29, 1.82) is 0 Å². The summed E-state index contributed by atoms with van der Waals surface area (Å²) in [6.07, 6.45) is 4.73. The highest BCUT2D eigenvalue weighted by Crippen LogP contribution is 2.58. The number of allylic oxidation sites excluding steroid dienone is 1. The summed E-state index contributed by atoms with van der Waals surface area (Å²) in [5.41, 5.74) is 8.56. The Morgan fingerprint density at radius 3 is 2.35 bits per heavy atom. The second-order valence-electron chi connectivity index (χ2n) is 8.02. The molecule has 1 heteroatoms. The molecule has 0 aromatic heterocycles. The van der Waals surface area contributed by atoms with Crippen molar-refractivity contribution in [2.45, 2.75) is 31.1 Å². The van der Waals surface area contributed by atoms with E-state index in [1.165, 1.54) is 33.4 Å². The third-order valence-corrected chi connectivity index (χ3v) is 6.76. The van der Waals surface area contributed by atoms with Crippen LogP contribution in [-0.4, -0.2) is 0 Å². The molecular formula is C25H21Br. The van der Waals surface area contributed by atoms with Crippen molar-refractivity contribution in [2.24, 2.45) is 0 Å². The van der Waals surface area contributed by atoms with E-state index in [-0.39, 0.29) is 5.41 Å². The molecule has 0 amide bonds. The molecule has 0 nitrogen and oxygen atoms in total. The number of hydrogen-bond donors (Lipinski definition) is 0. The van der Waals surface area contributed by atoms with Crippen LogP contribution >= 0.6 is 15.9 Å². The zero-order chi connectivity index (χ0) is 17.9. The lowest BCUT2D eigenvalue weighted by atomic mass is 9.69. The van der Waals surface area contributed by atoms with Gasteiger partial charge in [0, 0.05) is 16.3 Å². The van der Waals surface area contributed by atoms with Crippen LogP contribution in [0.1, 0.15) is 47.9 Å². The average molecular weight is 401 g/mol. The van der Waals surface area contributed by atoms with Gasteiger partial charge in [-0.15, -0.1) is 0 Å². The molecule has 0 bridgehead atoms. The van der Waals surface area contributed by atoms with Crippen LogP contribution in [-0.2, 0) is 5.41 Å². The van der Waals surface area contributed by atoms with Crippen LogP contribution in [0.25, 0.3) is 17.2 Å². The molecule has 128 valence electrons. The van der Waals surface area contributed by atoms with Crippen molar-refractivity contribution in [3.05, 3.63) is 99.5 Å². The molecule has 0 saturated carbocycles. The van der Waals surface area contributed by atoms with E-state index in [1.54, 1.807) is 0 Å². The third-order valence-electron chi connectivity index (χ3n) is 6.23. The topological polar surface area (TPSA) is 0 Å². The predicted octanol–water partition coefficient (Wildman–Crippen LogP) is 7.30. The van der Waals surface area contributed by atoms with Crippen LogP contribution in [0.4, 0.5) is 0 Å². The van der Waals surface area contributed by atoms with E-state index in [9.17, 15) is 0 Å². The Balaban J connectivity index is 1.66. The summed E-state index contributed by atoms with van der Waals surface area (Å²) in [6.45, 7) is 4.83. The standard InChI is InChI=1S/C25H21Br/c1-25(2)23-15-18(16-7-11-19(26)12-8-16)10-13-21(23)22-14-9-17-5-3-4-6-20(17)24(22)25/h3-15,22,24H,1-2H3. The molecule has 2 atom stereocenters. The van der Waals surface area contributed by atoms with Gasteiger partial charge in [0.2, 0.25) is 0 Å². The Morgan fingerprint density at radius 2 is 1.54 bits per heavy atom. The Labute approximate surface area is 163 Å². The Hall–Kier alpha value is -2.12. The number of halogens is 1. The number of rotatable bonds is 1. The van der Waals surface area contributed by atoms with Crippen LogP contribution in [0.2, 0.25) is 0 Å². The van der Waals surface area contributed by atoms with E-state index in [0.717, 1.165) is 4.47 Å². The first-order valence-corrected chi connectivity index (χ1v) is 10.0. The molecule has 0 N–H and O–H groups in total. The molecule has 2 aliphatic rings. The normalized spacial score (nSPS) is 21.8. The number of hydrogen-bond acceptors (Lipinski definition) is 0. The maximum Gasteiger partial charge on any atom is 0.0175 e. The van der Waals surface area contributed by atoms with Crippen molar-refractivity contribution >= 4 is 22.0 Å². The zero-order valence-corrected chi connectivity index (χ0v) is 16.6. The first-order chi connectivity index (χ1) is 12.6. The Morgan fingerprint density at radius 1 is 0.808 bits per heavy atom. The minimum Gasteiger partial charge on any atom is -0.0757 e. The first kappa shape index (κ1) is 16.1. The SMILES string of the molecule is CC1(C)c2cc(-c3ccc(Br)cc3)ccc2C2C=Cc3ccccc3C21. The first-order valence-electron chi connectivity index (χ1n) is 9.23. The Kier molecular flexibility index (Phi) is 3.52. The lowest BCUT2D eigenvalue weighted by Crippen LogP contribution is -2.25. The summed E-state index contributed by atoms with van der Waals surface area (Å²) < 4.78 is 1.12. The molecule has 0 heterocycles. The predicted molar refractivity (Wildman–Crippen MR) is 114 cm³/mol. The minimum atomic E-state index is 0.117.